The molecular formula is C33H59N11O10S2. The van der Waals surface area contributed by atoms with E-state index in [-0.39, 0.29) is 50.0 Å². The molecule has 0 radical (unpaired) electrons. The number of aliphatic carboxylic acids is 1. The molecule has 1 aliphatic rings. The van der Waals surface area contributed by atoms with Crippen LogP contribution < -0.4 is 49.1 Å². The highest BCUT2D eigenvalue weighted by molar-refractivity contribution is 7.98. The summed E-state index contributed by atoms with van der Waals surface area (Å²) in [6, 6.07) is -6.79. The number of nitrogens with two attached hydrogens (primary N) is 3. The highest BCUT2D eigenvalue weighted by Crippen LogP contribution is 2.20. The van der Waals surface area contributed by atoms with Crippen molar-refractivity contribution in [3.05, 3.63) is 0 Å². The van der Waals surface area contributed by atoms with Crippen molar-refractivity contribution in [1.82, 2.24) is 36.8 Å². The molecule has 0 aromatic carbocycles. The number of aliphatic imine (C=N–C) groups is 1. The van der Waals surface area contributed by atoms with Gasteiger partial charge >= 0.3 is 5.97 Å². The number of hydrogen-bond acceptors (Lipinski definition) is 13. The lowest BCUT2D eigenvalue weighted by atomic mass is 10.0. The van der Waals surface area contributed by atoms with Gasteiger partial charge in [0, 0.05) is 13.1 Å². The molecule has 1 saturated heterocycles. The predicted molar refractivity (Wildman–Crippen MR) is 212 cm³/mol. The fourth-order valence-electron chi connectivity index (χ4n) is 5.37. The summed E-state index contributed by atoms with van der Waals surface area (Å²) in [5.74, 6) is -5.76. The van der Waals surface area contributed by atoms with Gasteiger partial charge in [-0.2, -0.15) is 23.5 Å². The number of carboxylic acids is 1. The fraction of sp³-hybridized carbons (Fsp3) is 0.727. The number of rotatable bonds is 26. The summed E-state index contributed by atoms with van der Waals surface area (Å²) in [5, 5.41) is 33.6. The monoisotopic (exact) mass is 833 g/mol. The number of amides is 7. The first-order chi connectivity index (χ1) is 26.5. The average Bonchev–Trinajstić information content (AvgIpc) is 3.65. The zero-order chi connectivity index (χ0) is 42.4. The van der Waals surface area contributed by atoms with Crippen LogP contribution in [0.2, 0.25) is 0 Å². The minimum atomic E-state index is -1.54. The standard InChI is InChI=1S/C33H59N11O10S2/c1-18(2)26(34)32(54)44-12-6-8-23(44)31(53)42-21(10-14-56-4)29(51)43-22(17-45)30(52)41-20(9-13-55-3)28(50)40-19(7-5-11-37-33(35)36)27(49)39-15-24(46)38-16-25(47)48/h18-23,26,45H,5-17,34H2,1-4H3,(H,38,46)(H,39,49)(H,40,50)(H,41,52)(H,42,53)(H,43,51)(H,47,48)(H4,35,36,37)/t19-,20-,21-,22-,23-,26-/m0/s1. The van der Waals surface area contributed by atoms with Gasteiger partial charge in [0.25, 0.3) is 0 Å². The highest BCUT2D eigenvalue weighted by Gasteiger charge is 2.38. The molecule has 0 bridgehead atoms. The van der Waals surface area contributed by atoms with E-state index in [9.17, 15) is 43.5 Å². The smallest absolute Gasteiger partial charge is 0.322 e. The molecule has 1 heterocycles. The van der Waals surface area contributed by atoms with Gasteiger partial charge in [-0.25, -0.2) is 0 Å². The van der Waals surface area contributed by atoms with Gasteiger partial charge < -0.3 is 64.2 Å². The van der Waals surface area contributed by atoms with E-state index < -0.39 is 97.4 Å². The first-order valence-corrected chi connectivity index (χ1v) is 20.9. The molecule has 0 saturated carbocycles. The number of aliphatic hydroxyl groups excluding tert-OH is 1. The Kier molecular flexibility index (Phi) is 23.5. The molecule has 23 heteroatoms. The molecule has 1 rings (SSSR count). The Morgan fingerprint density at radius 1 is 0.786 bits per heavy atom. The number of nitrogens with zero attached hydrogens (tertiary/aromatic N) is 2. The van der Waals surface area contributed by atoms with E-state index in [0.717, 1.165) is 0 Å². The van der Waals surface area contributed by atoms with Crippen LogP contribution in [0.4, 0.5) is 0 Å². The van der Waals surface area contributed by atoms with Crippen LogP contribution in [-0.4, -0.2) is 161 Å². The summed E-state index contributed by atoms with van der Waals surface area (Å²) in [4.78, 5) is 108. The lowest BCUT2D eigenvalue weighted by Crippen LogP contribution is -2.60. The first kappa shape index (κ1) is 49.7. The summed E-state index contributed by atoms with van der Waals surface area (Å²) in [6.07, 6.45) is 4.99. The second-order valence-corrected chi connectivity index (χ2v) is 15.3. The van der Waals surface area contributed by atoms with Crippen molar-refractivity contribution in [2.75, 3.05) is 56.8 Å². The van der Waals surface area contributed by atoms with E-state index in [4.69, 9.17) is 22.3 Å². The minimum Gasteiger partial charge on any atom is -0.480 e. The average molecular weight is 834 g/mol. The zero-order valence-corrected chi connectivity index (χ0v) is 34.0. The number of carbonyl (C=O) groups excluding carboxylic acids is 7. The van der Waals surface area contributed by atoms with Gasteiger partial charge in [0.1, 0.15) is 36.8 Å². The SMILES string of the molecule is CSCC[C@H](NC(=O)[C@H](CO)NC(=O)[C@H](CCSC)NC(=O)[C@@H]1CCCN1C(=O)[C@@H](N)C(C)C)C(=O)N[C@@H](CCCN=C(N)N)C(=O)NCC(=O)NCC(=O)O. The molecule has 14 N–H and O–H groups in total. The summed E-state index contributed by atoms with van der Waals surface area (Å²) in [7, 11) is 0. The minimum absolute atomic E-state index is 0.00404. The largest absolute Gasteiger partial charge is 0.480 e. The lowest BCUT2D eigenvalue weighted by Gasteiger charge is -2.29. The van der Waals surface area contributed by atoms with E-state index in [1.165, 1.54) is 28.4 Å². The van der Waals surface area contributed by atoms with Crippen molar-refractivity contribution in [3.63, 3.8) is 0 Å². The van der Waals surface area contributed by atoms with Crippen LogP contribution in [0.3, 0.4) is 0 Å². The molecule has 6 atom stereocenters. The number of thioether (sulfide) groups is 2. The Hall–Kier alpha value is -4.35. The molecule has 0 aromatic heterocycles. The maximum atomic E-state index is 13.6. The topological polar surface area (TPSA) is 343 Å². The van der Waals surface area contributed by atoms with Crippen molar-refractivity contribution < 1.29 is 48.6 Å². The number of aliphatic hydroxyl groups is 1. The molecule has 1 aliphatic heterocycles. The summed E-state index contributed by atoms with van der Waals surface area (Å²) >= 11 is 2.78. The molecular weight excluding hydrogens is 775 g/mol. The quantitative estimate of drug-likeness (QED) is 0.0224. The fourth-order valence-corrected chi connectivity index (χ4v) is 6.31. The summed E-state index contributed by atoms with van der Waals surface area (Å²) in [5.41, 5.74) is 16.8. The number of nitrogens with one attached hydrogen (secondary N) is 6. The number of likely N-dealkylation sites (tertiary alicyclic amines) is 1. The number of carboxylic acid groups (broad SMARTS) is 1. The third kappa shape index (κ3) is 18.1. The van der Waals surface area contributed by atoms with Gasteiger partial charge in [0.2, 0.25) is 41.4 Å². The Bertz CT molecular complexity index is 1390. The Morgan fingerprint density at radius 3 is 1.84 bits per heavy atom. The van der Waals surface area contributed by atoms with Gasteiger partial charge in [-0.1, -0.05) is 13.8 Å². The molecule has 0 aromatic rings. The van der Waals surface area contributed by atoms with Gasteiger partial charge in [-0.05, 0) is 68.5 Å². The van der Waals surface area contributed by atoms with Crippen LogP contribution in [0.25, 0.3) is 0 Å². The van der Waals surface area contributed by atoms with E-state index in [0.29, 0.717) is 30.9 Å². The van der Waals surface area contributed by atoms with E-state index in [2.05, 4.69) is 36.9 Å². The second-order valence-electron chi connectivity index (χ2n) is 13.3. The molecule has 318 valence electrons. The third-order valence-electron chi connectivity index (χ3n) is 8.58. The number of guanidine groups is 1. The Balaban J connectivity index is 3.11. The normalized spacial score (nSPS) is 16.3. The summed E-state index contributed by atoms with van der Waals surface area (Å²) in [6.45, 7) is 1.93. The van der Waals surface area contributed by atoms with Crippen LogP contribution in [-0.2, 0) is 38.4 Å². The first-order valence-electron chi connectivity index (χ1n) is 18.1. The molecule has 0 spiro atoms. The Morgan fingerprint density at radius 2 is 1.32 bits per heavy atom. The van der Waals surface area contributed by atoms with Gasteiger partial charge in [0.05, 0.1) is 19.2 Å². The maximum Gasteiger partial charge on any atom is 0.322 e. The van der Waals surface area contributed by atoms with Crippen LogP contribution in [0.15, 0.2) is 4.99 Å². The van der Waals surface area contributed by atoms with Gasteiger partial charge in [-0.15, -0.1) is 0 Å². The maximum absolute atomic E-state index is 13.6. The van der Waals surface area contributed by atoms with Crippen LogP contribution in [0.1, 0.15) is 52.4 Å². The molecule has 0 aliphatic carbocycles. The van der Waals surface area contributed by atoms with E-state index >= 15 is 0 Å². The van der Waals surface area contributed by atoms with E-state index in [1.54, 1.807) is 20.1 Å². The zero-order valence-electron chi connectivity index (χ0n) is 32.3. The lowest BCUT2D eigenvalue weighted by molar-refractivity contribution is -0.141. The van der Waals surface area contributed by atoms with Gasteiger partial charge in [-0.3, -0.25) is 43.3 Å². The van der Waals surface area contributed by atoms with Crippen molar-refractivity contribution in [2.24, 2.45) is 28.1 Å². The third-order valence-corrected chi connectivity index (χ3v) is 9.87. The van der Waals surface area contributed by atoms with Crippen molar-refractivity contribution in [2.45, 2.75) is 88.6 Å². The second kappa shape index (κ2) is 26.5. The molecule has 56 heavy (non-hydrogen) atoms. The summed E-state index contributed by atoms with van der Waals surface area (Å²) < 4.78 is 0. The van der Waals surface area contributed by atoms with Crippen LogP contribution in [0, 0.1) is 5.92 Å². The van der Waals surface area contributed by atoms with Crippen molar-refractivity contribution in [1.29, 1.82) is 0 Å². The molecule has 0 unspecified atom stereocenters. The number of hydrogen-bond donors (Lipinski definition) is 11. The highest BCUT2D eigenvalue weighted by atomic mass is 32.2. The molecule has 1 fully saturated rings. The predicted octanol–water partition coefficient (Wildman–Crippen LogP) is -4.23. The van der Waals surface area contributed by atoms with Crippen molar-refractivity contribution in [3.8, 4) is 0 Å². The van der Waals surface area contributed by atoms with E-state index in [1.807, 2.05) is 6.26 Å². The van der Waals surface area contributed by atoms with Crippen LogP contribution in [0.5, 0.6) is 0 Å². The number of carbonyl (C=O) groups is 8. The van der Waals surface area contributed by atoms with Crippen LogP contribution >= 0.6 is 23.5 Å². The Labute approximate surface area is 335 Å². The molecule has 7 amide bonds. The van der Waals surface area contributed by atoms with Crippen molar-refractivity contribution >= 4 is 76.8 Å². The van der Waals surface area contributed by atoms with Gasteiger partial charge in [0.15, 0.2) is 5.96 Å². The molecule has 21 nitrogen and oxygen atoms in total.